The normalized spacial score (nSPS) is 11.0. The Hall–Kier alpha value is -1.61. The molecule has 0 aliphatic carbocycles. The third kappa shape index (κ3) is 2.31. The lowest BCUT2D eigenvalue weighted by molar-refractivity contribution is -0.137. The summed E-state index contributed by atoms with van der Waals surface area (Å²) in [5.74, 6) is -1.47. The van der Waals surface area contributed by atoms with Crippen LogP contribution in [0.15, 0.2) is 12.1 Å². The summed E-state index contributed by atoms with van der Waals surface area (Å²) in [6.07, 6.45) is -4.79. The van der Waals surface area contributed by atoms with Crippen molar-refractivity contribution in [3.05, 3.63) is 34.6 Å². The maximum atomic E-state index is 13.1. The number of nitriles is 1. The van der Waals surface area contributed by atoms with Crippen LogP contribution in [0.1, 0.15) is 21.5 Å². The molecular formula is C9H2ClF4NO. The van der Waals surface area contributed by atoms with E-state index in [2.05, 4.69) is 0 Å². The molecule has 0 N–H and O–H groups in total. The van der Waals surface area contributed by atoms with E-state index in [0.717, 1.165) is 0 Å². The monoisotopic (exact) mass is 251 g/mol. The molecule has 0 aliphatic heterocycles. The highest BCUT2D eigenvalue weighted by atomic mass is 35.5. The molecule has 1 rings (SSSR count). The van der Waals surface area contributed by atoms with Crippen molar-refractivity contribution in [3.63, 3.8) is 0 Å². The van der Waals surface area contributed by atoms with E-state index in [1.807, 2.05) is 0 Å². The van der Waals surface area contributed by atoms with Crippen molar-refractivity contribution in [2.75, 3.05) is 0 Å². The minimum atomic E-state index is -4.79. The Kier molecular flexibility index (Phi) is 3.19. The fourth-order valence-electron chi connectivity index (χ4n) is 1.06. The number of rotatable bonds is 1. The Bertz CT molecular complexity index is 490. The third-order valence-electron chi connectivity index (χ3n) is 1.73. The van der Waals surface area contributed by atoms with Crippen LogP contribution < -0.4 is 0 Å². The number of halogens is 5. The highest BCUT2D eigenvalue weighted by Crippen LogP contribution is 2.32. The largest absolute Gasteiger partial charge is 0.416 e. The van der Waals surface area contributed by atoms with Gasteiger partial charge in [-0.15, -0.1) is 0 Å². The lowest BCUT2D eigenvalue weighted by atomic mass is 10.0. The van der Waals surface area contributed by atoms with E-state index in [1.165, 1.54) is 6.07 Å². The fourth-order valence-corrected chi connectivity index (χ4v) is 1.25. The predicted molar refractivity (Wildman–Crippen MR) is 46.3 cm³/mol. The number of benzene rings is 1. The zero-order chi connectivity index (χ0) is 12.5. The third-order valence-corrected chi connectivity index (χ3v) is 1.92. The molecule has 0 heterocycles. The van der Waals surface area contributed by atoms with E-state index >= 15 is 0 Å². The van der Waals surface area contributed by atoms with Crippen molar-refractivity contribution >= 4 is 16.8 Å². The standard InChI is InChI=1S/C9H2ClF4NO/c10-8(16)7-4(3-15)1-5(2-6(7)11)9(12,13)14/h1-2H. The Morgan fingerprint density at radius 3 is 2.31 bits per heavy atom. The molecule has 1 aromatic carbocycles. The first-order valence-electron chi connectivity index (χ1n) is 3.78. The average Bonchev–Trinajstić information content (AvgIpc) is 2.14. The highest BCUT2D eigenvalue weighted by Gasteiger charge is 2.33. The van der Waals surface area contributed by atoms with Gasteiger partial charge < -0.3 is 0 Å². The SMILES string of the molecule is N#Cc1cc(C(F)(F)F)cc(F)c1C(=O)Cl. The molecule has 0 unspecified atom stereocenters. The van der Waals surface area contributed by atoms with Gasteiger partial charge in [0.1, 0.15) is 11.9 Å². The van der Waals surface area contributed by atoms with Gasteiger partial charge in [0.05, 0.1) is 16.7 Å². The summed E-state index contributed by atoms with van der Waals surface area (Å²) in [7, 11) is 0. The Morgan fingerprint density at radius 2 is 1.94 bits per heavy atom. The fraction of sp³-hybridized carbons (Fsp3) is 0.111. The van der Waals surface area contributed by atoms with Crippen LogP contribution in [0.3, 0.4) is 0 Å². The van der Waals surface area contributed by atoms with Crippen LogP contribution in [0, 0.1) is 17.1 Å². The molecule has 0 saturated heterocycles. The van der Waals surface area contributed by atoms with Crippen molar-refractivity contribution in [2.45, 2.75) is 6.18 Å². The summed E-state index contributed by atoms with van der Waals surface area (Å²) in [4.78, 5) is 10.7. The molecule has 16 heavy (non-hydrogen) atoms. The second-order valence-electron chi connectivity index (χ2n) is 2.76. The number of carbonyl (C=O) groups excluding carboxylic acids is 1. The summed E-state index contributed by atoms with van der Waals surface area (Å²) < 4.78 is 49.8. The molecule has 0 amide bonds. The van der Waals surface area contributed by atoms with Gasteiger partial charge in [0, 0.05) is 0 Å². The minimum Gasteiger partial charge on any atom is -0.275 e. The van der Waals surface area contributed by atoms with E-state index in [4.69, 9.17) is 16.9 Å². The lowest BCUT2D eigenvalue weighted by Gasteiger charge is -2.08. The molecular weight excluding hydrogens is 250 g/mol. The van der Waals surface area contributed by atoms with Crippen LogP contribution in [0.4, 0.5) is 17.6 Å². The highest BCUT2D eigenvalue weighted by molar-refractivity contribution is 6.68. The van der Waals surface area contributed by atoms with Crippen LogP contribution in [0.5, 0.6) is 0 Å². The van der Waals surface area contributed by atoms with Gasteiger partial charge >= 0.3 is 6.18 Å². The molecule has 0 radical (unpaired) electrons. The number of nitrogens with zero attached hydrogens (tertiary/aromatic N) is 1. The van der Waals surface area contributed by atoms with Gasteiger partial charge in [-0.1, -0.05) is 0 Å². The molecule has 0 aromatic heterocycles. The van der Waals surface area contributed by atoms with E-state index < -0.39 is 33.9 Å². The van der Waals surface area contributed by atoms with Crippen LogP contribution in [-0.2, 0) is 6.18 Å². The summed E-state index contributed by atoms with van der Waals surface area (Å²) in [6.45, 7) is 0. The number of carbonyl (C=O) groups is 1. The molecule has 2 nitrogen and oxygen atoms in total. The quantitative estimate of drug-likeness (QED) is 0.568. The van der Waals surface area contributed by atoms with Crippen LogP contribution in [-0.4, -0.2) is 5.24 Å². The Labute approximate surface area is 92.0 Å². The molecule has 0 saturated carbocycles. The molecule has 84 valence electrons. The van der Waals surface area contributed by atoms with Gasteiger partial charge in [-0.2, -0.15) is 18.4 Å². The van der Waals surface area contributed by atoms with E-state index in [0.29, 0.717) is 6.07 Å². The Balaban J connectivity index is 3.52. The maximum absolute atomic E-state index is 13.1. The molecule has 0 bridgehead atoms. The second-order valence-corrected chi connectivity index (χ2v) is 3.11. The van der Waals surface area contributed by atoms with Gasteiger partial charge in [0.15, 0.2) is 0 Å². The first-order chi connectivity index (χ1) is 7.27. The molecule has 7 heteroatoms. The first-order valence-corrected chi connectivity index (χ1v) is 4.16. The maximum Gasteiger partial charge on any atom is 0.416 e. The summed E-state index contributed by atoms with van der Waals surface area (Å²) in [5.41, 5.74) is -2.94. The lowest BCUT2D eigenvalue weighted by Crippen LogP contribution is -2.09. The van der Waals surface area contributed by atoms with Gasteiger partial charge in [-0.3, -0.25) is 4.79 Å². The van der Waals surface area contributed by atoms with E-state index in [1.54, 1.807) is 0 Å². The van der Waals surface area contributed by atoms with E-state index in [-0.39, 0.29) is 6.07 Å². The zero-order valence-electron chi connectivity index (χ0n) is 7.40. The van der Waals surface area contributed by atoms with Crippen molar-refractivity contribution < 1.29 is 22.4 Å². The predicted octanol–water partition coefficient (Wildman–Crippen LogP) is 3.10. The van der Waals surface area contributed by atoms with Crippen LogP contribution in [0.25, 0.3) is 0 Å². The molecule has 0 atom stereocenters. The summed E-state index contributed by atoms with van der Waals surface area (Å²) in [5, 5.41) is 7.17. The van der Waals surface area contributed by atoms with Crippen molar-refractivity contribution in [1.29, 1.82) is 5.26 Å². The van der Waals surface area contributed by atoms with Crippen LogP contribution in [0.2, 0.25) is 0 Å². The minimum absolute atomic E-state index is 0.121. The second kappa shape index (κ2) is 4.10. The topological polar surface area (TPSA) is 40.9 Å². The number of hydrogen-bond donors (Lipinski definition) is 0. The van der Waals surface area contributed by atoms with Crippen molar-refractivity contribution in [2.24, 2.45) is 0 Å². The number of hydrogen-bond acceptors (Lipinski definition) is 2. The smallest absolute Gasteiger partial charge is 0.275 e. The van der Waals surface area contributed by atoms with Gasteiger partial charge in [0.2, 0.25) is 0 Å². The average molecular weight is 252 g/mol. The van der Waals surface area contributed by atoms with Gasteiger partial charge in [-0.25, -0.2) is 4.39 Å². The zero-order valence-corrected chi connectivity index (χ0v) is 8.16. The first kappa shape index (κ1) is 12.5. The summed E-state index contributed by atoms with van der Waals surface area (Å²) in [6, 6.07) is 1.78. The summed E-state index contributed by atoms with van der Waals surface area (Å²) >= 11 is 4.95. The molecule has 0 aliphatic rings. The molecule has 1 aromatic rings. The molecule has 0 fully saturated rings. The molecule has 0 spiro atoms. The van der Waals surface area contributed by atoms with Crippen LogP contribution >= 0.6 is 11.6 Å². The van der Waals surface area contributed by atoms with Crippen molar-refractivity contribution in [1.82, 2.24) is 0 Å². The van der Waals surface area contributed by atoms with Gasteiger partial charge in [-0.05, 0) is 23.7 Å². The Morgan fingerprint density at radius 1 is 1.38 bits per heavy atom. The van der Waals surface area contributed by atoms with Gasteiger partial charge in [0.25, 0.3) is 5.24 Å². The number of alkyl halides is 3. The van der Waals surface area contributed by atoms with Crippen molar-refractivity contribution in [3.8, 4) is 6.07 Å². The van der Waals surface area contributed by atoms with E-state index in [9.17, 15) is 22.4 Å².